The zero-order valence-electron chi connectivity index (χ0n) is 13.3. The molecule has 0 bridgehead atoms. The molecular formula is C17H16BrNO4. The first kappa shape index (κ1) is 16.0. The minimum absolute atomic E-state index is 0.388. The largest absolute Gasteiger partial charge is 0.496 e. The number of rotatable bonds is 2. The van der Waals surface area contributed by atoms with E-state index in [0.29, 0.717) is 26.7 Å². The second kappa shape index (κ2) is 5.32. The van der Waals surface area contributed by atoms with Crippen LogP contribution in [0.25, 0.3) is 10.8 Å². The minimum Gasteiger partial charge on any atom is -0.496 e. The summed E-state index contributed by atoms with van der Waals surface area (Å²) in [6.07, 6.45) is 0. The SMILES string of the molecule is COc1cc2c3c(cccc3c1Br)C(=O)N(OC(C)(C)C)C2=O. The van der Waals surface area contributed by atoms with Crippen molar-refractivity contribution in [1.82, 2.24) is 5.06 Å². The summed E-state index contributed by atoms with van der Waals surface area (Å²) in [7, 11) is 1.53. The second-order valence-electron chi connectivity index (χ2n) is 6.28. The molecule has 0 aliphatic carbocycles. The lowest BCUT2D eigenvalue weighted by molar-refractivity contribution is -0.168. The van der Waals surface area contributed by atoms with Crippen molar-refractivity contribution in [1.29, 1.82) is 0 Å². The molecule has 0 saturated carbocycles. The molecule has 0 spiro atoms. The molecular weight excluding hydrogens is 362 g/mol. The molecule has 1 aliphatic heterocycles. The average molecular weight is 378 g/mol. The molecule has 2 amide bonds. The number of halogens is 1. The van der Waals surface area contributed by atoms with Crippen molar-refractivity contribution >= 4 is 38.5 Å². The van der Waals surface area contributed by atoms with Crippen LogP contribution >= 0.6 is 15.9 Å². The van der Waals surface area contributed by atoms with Gasteiger partial charge in [0.05, 0.1) is 28.3 Å². The Balaban J connectivity index is 2.29. The zero-order valence-corrected chi connectivity index (χ0v) is 14.9. The smallest absolute Gasteiger partial charge is 0.285 e. The maximum absolute atomic E-state index is 12.8. The van der Waals surface area contributed by atoms with Crippen molar-refractivity contribution in [3.8, 4) is 5.75 Å². The van der Waals surface area contributed by atoms with Gasteiger partial charge in [0.25, 0.3) is 11.8 Å². The summed E-state index contributed by atoms with van der Waals surface area (Å²) in [5.74, 6) is -0.414. The Bertz CT molecular complexity index is 839. The average Bonchev–Trinajstić information content (AvgIpc) is 2.49. The van der Waals surface area contributed by atoms with Crippen LogP contribution in [0.15, 0.2) is 28.7 Å². The Kier molecular flexibility index (Phi) is 3.69. The molecule has 1 heterocycles. The molecule has 2 aromatic carbocycles. The summed E-state index contributed by atoms with van der Waals surface area (Å²) in [4.78, 5) is 31.0. The Morgan fingerprint density at radius 2 is 1.74 bits per heavy atom. The lowest BCUT2D eigenvalue weighted by atomic mass is 9.94. The number of hydroxylamine groups is 2. The van der Waals surface area contributed by atoms with E-state index in [1.54, 1.807) is 39.0 Å². The highest BCUT2D eigenvalue weighted by Crippen LogP contribution is 2.40. The number of hydrogen-bond acceptors (Lipinski definition) is 4. The van der Waals surface area contributed by atoms with E-state index in [0.717, 1.165) is 10.4 Å². The van der Waals surface area contributed by atoms with E-state index in [-0.39, 0.29) is 0 Å². The summed E-state index contributed by atoms with van der Waals surface area (Å²) in [6.45, 7) is 5.35. The fraction of sp³-hybridized carbons (Fsp3) is 0.294. The van der Waals surface area contributed by atoms with Gasteiger partial charge < -0.3 is 4.74 Å². The topological polar surface area (TPSA) is 55.8 Å². The van der Waals surface area contributed by atoms with E-state index in [9.17, 15) is 9.59 Å². The first-order valence-corrected chi connectivity index (χ1v) is 7.91. The number of amides is 2. The van der Waals surface area contributed by atoms with Gasteiger partial charge in [-0.05, 0) is 48.8 Å². The molecule has 0 unspecified atom stereocenters. The highest BCUT2D eigenvalue weighted by atomic mass is 79.9. The quantitative estimate of drug-likeness (QED) is 0.743. The van der Waals surface area contributed by atoms with Crippen LogP contribution in [0, 0.1) is 0 Å². The van der Waals surface area contributed by atoms with Gasteiger partial charge in [-0.3, -0.25) is 14.4 Å². The summed E-state index contributed by atoms with van der Waals surface area (Å²) in [5.41, 5.74) is 0.153. The summed E-state index contributed by atoms with van der Waals surface area (Å²) in [6, 6.07) is 6.94. The zero-order chi connectivity index (χ0) is 16.9. The van der Waals surface area contributed by atoms with Gasteiger partial charge in [-0.15, -0.1) is 5.06 Å². The summed E-state index contributed by atoms with van der Waals surface area (Å²) in [5, 5.41) is 2.21. The molecule has 2 aromatic rings. The van der Waals surface area contributed by atoms with Gasteiger partial charge in [0, 0.05) is 10.8 Å². The van der Waals surface area contributed by atoms with Gasteiger partial charge >= 0.3 is 0 Å². The Morgan fingerprint density at radius 3 is 2.35 bits per heavy atom. The maximum Gasteiger partial charge on any atom is 0.285 e. The molecule has 3 rings (SSSR count). The number of carbonyl (C=O) groups excluding carboxylic acids is 2. The lowest BCUT2D eigenvalue weighted by Crippen LogP contribution is -2.44. The molecule has 5 nitrogen and oxygen atoms in total. The predicted octanol–water partition coefficient (Wildman–Crippen LogP) is 3.94. The van der Waals surface area contributed by atoms with Gasteiger partial charge in [-0.1, -0.05) is 12.1 Å². The number of methoxy groups -OCH3 is 1. The molecule has 0 saturated heterocycles. The highest BCUT2D eigenvalue weighted by Gasteiger charge is 2.37. The van der Waals surface area contributed by atoms with Crippen molar-refractivity contribution in [2.45, 2.75) is 26.4 Å². The van der Waals surface area contributed by atoms with Gasteiger partial charge in [-0.25, -0.2) is 0 Å². The van der Waals surface area contributed by atoms with Crippen molar-refractivity contribution in [2.24, 2.45) is 0 Å². The van der Waals surface area contributed by atoms with Crippen LogP contribution in [-0.4, -0.2) is 29.6 Å². The normalized spacial score (nSPS) is 14.6. The van der Waals surface area contributed by atoms with Crippen LogP contribution in [0.4, 0.5) is 0 Å². The second-order valence-corrected chi connectivity index (χ2v) is 7.07. The van der Waals surface area contributed by atoms with E-state index < -0.39 is 17.4 Å². The van der Waals surface area contributed by atoms with Crippen molar-refractivity contribution < 1.29 is 19.2 Å². The molecule has 0 aromatic heterocycles. The molecule has 0 radical (unpaired) electrons. The first-order valence-electron chi connectivity index (χ1n) is 7.11. The number of imide groups is 1. The van der Waals surface area contributed by atoms with E-state index in [2.05, 4.69) is 15.9 Å². The lowest BCUT2D eigenvalue weighted by Gasteiger charge is -2.31. The Morgan fingerprint density at radius 1 is 1.09 bits per heavy atom. The fourth-order valence-electron chi connectivity index (χ4n) is 2.59. The first-order chi connectivity index (χ1) is 10.7. The molecule has 0 fully saturated rings. The third-order valence-electron chi connectivity index (χ3n) is 3.48. The number of nitrogens with zero attached hydrogens (tertiary/aromatic N) is 1. The third-order valence-corrected chi connectivity index (χ3v) is 4.29. The third kappa shape index (κ3) is 2.52. The minimum atomic E-state index is -0.670. The molecule has 6 heteroatoms. The highest BCUT2D eigenvalue weighted by molar-refractivity contribution is 9.10. The standard InChI is InChI=1S/C17H16BrNO4/c1-17(2,3)23-19-15(20)10-7-5-6-9-13(10)11(16(19)21)8-12(22-4)14(9)18/h5-8H,1-4H3. The summed E-state index contributed by atoms with van der Waals surface area (Å²) < 4.78 is 6.04. The van der Waals surface area contributed by atoms with Gasteiger partial charge in [0.15, 0.2) is 0 Å². The number of benzene rings is 2. The number of ether oxygens (including phenoxy) is 1. The fourth-order valence-corrected chi connectivity index (χ4v) is 3.19. The van der Waals surface area contributed by atoms with Crippen LogP contribution < -0.4 is 4.74 Å². The maximum atomic E-state index is 12.8. The molecule has 0 atom stereocenters. The van der Waals surface area contributed by atoms with E-state index >= 15 is 0 Å². The van der Waals surface area contributed by atoms with Gasteiger partial charge in [-0.2, -0.15) is 0 Å². The van der Waals surface area contributed by atoms with Crippen LogP contribution in [0.3, 0.4) is 0 Å². The number of hydrogen-bond donors (Lipinski definition) is 0. The van der Waals surface area contributed by atoms with E-state index in [4.69, 9.17) is 9.57 Å². The molecule has 0 N–H and O–H groups in total. The Labute approximate surface area is 142 Å². The predicted molar refractivity (Wildman–Crippen MR) is 89.5 cm³/mol. The number of carbonyl (C=O) groups is 2. The van der Waals surface area contributed by atoms with Crippen LogP contribution in [0.2, 0.25) is 0 Å². The van der Waals surface area contributed by atoms with Crippen molar-refractivity contribution in [3.05, 3.63) is 39.9 Å². The molecule has 1 aliphatic rings. The van der Waals surface area contributed by atoms with Crippen LogP contribution in [-0.2, 0) is 4.84 Å². The van der Waals surface area contributed by atoms with E-state index in [1.165, 1.54) is 7.11 Å². The van der Waals surface area contributed by atoms with Gasteiger partial charge in [0.1, 0.15) is 5.75 Å². The van der Waals surface area contributed by atoms with Crippen molar-refractivity contribution in [2.75, 3.05) is 7.11 Å². The molecule has 23 heavy (non-hydrogen) atoms. The molecule has 120 valence electrons. The van der Waals surface area contributed by atoms with Crippen molar-refractivity contribution in [3.63, 3.8) is 0 Å². The summed E-state index contributed by atoms with van der Waals surface area (Å²) >= 11 is 3.47. The van der Waals surface area contributed by atoms with Gasteiger partial charge in [0.2, 0.25) is 0 Å². The monoisotopic (exact) mass is 377 g/mol. The van der Waals surface area contributed by atoms with E-state index in [1.807, 2.05) is 6.07 Å². The Hall–Kier alpha value is -1.92. The van der Waals surface area contributed by atoms with Crippen LogP contribution in [0.1, 0.15) is 41.5 Å². The van der Waals surface area contributed by atoms with Crippen LogP contribution in [0.5, 0.6) is 5.75 Å².